The Morgan fingerprint density at radius 3 is 2.85 bits per heavy atom. The molecule has 1 aliphatic heterocycles. The number of nitrogens with one attached hydrogen (secondary N) is 2. The first-order valence-electron chi connectivity index (χ1n) is 7.36. The number of rotatable bonds is 4. The van der Waals surface area contributed by atoms with Crippen molar-refractivity contribution >= 4 is 11.6 Å². The van der Waals surface area contributed by atoms with Crippen LogP contribution < -0.4 is 15.4 Å². The molecule has 1 aromatic carbocycles. The van der Waals surface area contributed by atoms with E-state index < -0.39 is 0 Å². The number of anilines is 1. The van der Waals surface area contributed by atoms with E-state index in [-0.39, 0.29) is 18.1 Å². The van der Waals surface area contributed by atoms with Gasteiger partial charge in [0.05, 0.1) is 17.8 Å². The van der Waals surface area contributed by atoms with Crippen LogP contribution in [0.3, 0.4) is 0 Å². The lowest BCUT2D eigenvalue weighted by Gasteiger charge is -2.27. The summed E-state index contributed by atoms with van der Waals surface area (Å²) >= 11 is 0. The summed E-state index contributed by atoms with van der Waals surface area (Å²) in [7, 11) is 0. The first kappa shape index (κ1) is 14.9. The minimum atomic E-state index is -0.106. The maximum Gasteiger partial charge on any atom is 0.241 e. The summed E-state index contributed by atoms with van der Waals surface area (Å²) in [6, 6.07) is 7.47. The molecule has 2 atom stereocenters. The highest BCUT2D eigenvalue weighted by Crippen LogP contribution is 2.25. The van der Waals surface area contributed by atoms with Crippen molar-refractivity contribution in [1.29, 1.82) is 0 Å². The maximum absolute atomic E-state index is 12.3. The van der Waals surface area contributed by atoms with Crippen molar-refractivity contribution in [2.45, 2.75) is 45.8 Å². The SMILES string of the molecule is CC1CCNC(C(=O)Nc2ccccc2OC(C)C)C1. The minimum absolute atomic E-state index is 0.0244. The third-order valence-electron chi connectivity index (χ3n) is 3.49. The van der Waals surface area contributed by atoms with Gasteiger partial charge in [-0.2, -0.15) is 0 Å². The van der Waals surface area contributed by atoms with E-state index in [1.165, 1.54) is 0 Å². The summed E-state index contributed by atoms with van der Waals surface area (Å²) in [6.45, 7) is 7.05. The van der Waals surface area contributed by atoms with Gasteiger partial charge in [0.25, 0.3) is 0 Å². The van der Waals surface area contributed by atoms with Crippen LogP contribution in [-0.4, -0.2) is 24.6 Å². The second-order valence-corrected chi connectivity index (χ2v) is 5.79. The fraction of sp³-hybridized carbons (Fsp3) is 0.562. The largest absolute Gasteiger partial charge is 0.489 e. The molecular formula is C16H24N2O2. The first-order chi connectivity index (χ1) is 9.56. The highest BCUT2D eigenvalue weighted by Gasteiger charge is 2.25. The van der Waals surface area contributed by atoms with E-state index in [4.69, 9.17) is 4.74 Å². The summed E-state index contributed by atoms with van der Waals surface area (Å²) in [5.41, 5.74) is 0.742. The number of carbonyl (C=O) groups is 1. The molecule has 2 unspecified atom stereocenters. The number of amides is 1. The topological polar surface area (TPSA) is 50.4 Å². The maximum atomic E-state index is 12.3. The van der Waals surface area contributed by atoms with Crippen LogP contribution in [0, 0.1) is 5.92 Å². The van der Waals surface area contributed by atoms with Gasteiger partial charge in [-0.3, -0.25) is 4.79 Å². The summed E-state index contributed by atoms with van der Waals surface area (Å²) in [4.78, 5) is 12.3. The van der Waals surface area contributed by atoms with Gasteiger partial charge in [-0.15, -0.1) is 0 Å². The van der Waals surface area contributed by atoms with Gasteiger partial charge in [0.1, 0.15) is 5.75 Å². The Labute approximate surface area is 120 Å². The van der Waals surface area contributed by atoms with E-state index in [0.717, 1.165) is 30.8 Å². The van der Waals surface area contributed by atoms with Gasteiger partial charge in [0.2, 0.25) is 5.91 Å². The zero-order valence-corrected chi connectivity index (χ0v) is 12.5. The lowest BCUT2D eigenvalue weighted by atomic mass is 9.94. The average Bonchev–Trinajstić information content (AvgIpc) is 2.40. The zero-order chi connectivity index (χ0) is 14.5. The monoisotopic (exact) mass is 276 g/mol. The van der Waals surface area contributed by atoms with Crippen molar-refractivity contribution in [2.24, 2.45) is 5.92 Å². The van der Waals surface area contributed by atoms with Gasteiger partial charge in [-0.1, -0.05) is 19.1 Å². The molecule has 110 valence electrons. The predicted molar refractivity (Wildman–Crippen MR) is 81.0 cm³/mol. The van der Waals surface area contributed by atoms with E-state index in [9.17, 15) is 4.79 Å². The Bertz CT molecular complexity index is 460. The molecule has 4 nitrogen and oxygen atoms in total. The van der Waals surface area contributed by atoms with Crippen molar-refractivity contribution in [3.8, 4) is 5.75 Å². The Morgan fingerprint density at radius 2 is 2.15 bits per heavy atom. The van der Waals surface area contributed by atoms with Crippen molar-refractivity contribution < 1.29 is 9.53 Å². The van der Waals surface area contributed by atoms with Gasteiger partial charge in [0.15, 0.2) is 0 Å². The number of piperidine rings is 1. The van der Waals surface area contributed by atoms with Crippen molar-refractivity contribution in [3.63, 3.8) is 0 Å². The second kappa shape index (κ2) is 6.75. The third kappa shape index (κ3) is 3.97. The fourth-order valence-electron chi connectivity index (χ4n) is 2.45. The quantitative estimate of drug-likeness (QED) is 0.889. The summed E-state index contributed by atoms with van der Waals surface area (Å²) in [5, 5.41) is 6.26. The molecule has 0 saturated carbocycles. The Balaban J connectivity index is 2.03. The van der Waals surface area contributed by atoms with E-state index in [1.54, 1.807) is 0 Å². The van der Waals surface area contributed by atoms with Gasteiger partial charge >= 0.3 is 0 Å². The molecule has 0 aliphatic carbocycles. The molecule has 2 N–H and O–H groups in total. The predicted octanol–water partition coefficient (Wildman–Crippen LogP) is 2.80. The minimum Gasteiger partial charge on any atom is -0.489 e. The normalized spacial score (nSPS) is 22.6. The lowest BCUT2D eigenvalue weighted by molar-refractivity contribution is -0.119. The molecule has 1 heterocycles. The average molecular weight is 276 g/mol. The molecular weight excluding hydrogens is 252 g/mol. The molecule has 1 fully saturated rings. The number of para-hydroxylation sites is 2. The van der Waals surface area contributed by atoms with Crippen LogP contribution in [0.1, 0.15) is 33.6 Å². The molecule has 0 aromatic heterocycles. The van der Waals surface area contributed by atoms with E-state index in [1.807, 2.05) is 38.1 Å². The first-order valence-corrected chi connectivity index (χ1v) is 7.36. The number of ether oxygens (including phenoxy) is 1. The molecule has 0 bridgehead atoms. The molecule has 1 saturated heterocycles. The van der Waals surface area contributed by atoms with E-state index in [2.05, 4.69) is 17.6 Å². The smallest absolute Gasteiger partial charge is 0.241 e. The highest BCUT2D eigenvalue weighted by atomic mass is 16.5. The van der Waals surface area contributed by atoms with E-state index >= 15 is 0 Å². The molecule has 1 aromatic rings. The van der Waals surface area contributed by atoms with Crippen LogP contribution in [0.15, 0.2) is 24.3 Å². The molecule has 0 radical (unpaired) electrons. The number of hydrogen-bond donors (Lipinski definition) is 2. The Morgan fingerprint density at radius 1 is 1.40 bits per heavy atom. The molecule has 1 amide bonds. The van der Waals surface area contributed by atoms with Crippen molar-refractivity contribution in [2.75, 3.05) is 11.9 Å². The molecule has 1 aliphatic rings. The van der Waals surface area contributed by atoms with Gasteiger partial charge in [-0.05, 0) is 51.3 Å². The Hall–Kier alpha value is -1.55. The number of hydrogen-bond acceptors (Lipinski definition) is 3. The van der Waals surface area contributed by atoms with Crippen LogP contribution >= 0.6 is 0 Å². The lowest BCUT2D eigenvalue weighted by Crippen LogP contribution is -2.45. The van der Waals surface area contributed by atoms with E-state index in [0.29, 0.717) is 5.92 Å². The standard InChI is InChI=1S/C16H24N2O2/c1-11(2)20-15-7-5-4-6-13(15)18-16(19)14-10-12(3)8-9-17-14/h4-7,11-12,14,17H,8-10H2,1-3H3,(H,18,19). The fourth-order valence-corrected chi connectivity index (χ4v) is 2.45. The highest BCUT2D eigenvalue weighted by molar-refractivity contribution is 5.96. The van der Waals surface area contributed by atoms with Crippen LogP contribution in [0.25, 0.3) is 0 Å². The van der Waals surface area contributed by atoms with Gasteiger partial charge < -0.3 is 15.4 Å². The van der Waals surface area contributed by atoms with Crippen LogP contribution in [0.4, 0.5) is 5.69 Å². The molecule has 4 heteroatoms. The van der Waals surface area contributed by atoms with Crippen LogP contribution in [0.2, 0.25) is 0 Å². The van der Waals surface area contributed by atoms with Crippen LogP contribution in [-0.2, 0) is 4.79 Å². The second-order valence-electron chi connectivity index (χ2n) is 5.79. The number of benzene rings is 1. The van der Waals surface area contributed by atoms with Crippen LogP contribution in [0.5, 0.6) is 5.75 Å². The summed E-state index contributed by atoms with van der Waals surface area (Å²) in [5.74, 6) is 1.34. The van der Waals surface area contributed by atoms with Gasteiger partial charge in [0, 0.05) is 0 Å². The van der Waals surface area contributed by atoms with Crippen molar-refractivity contribution in [3.05, 3.63) is 24.3 Å². The van der Waals surface area contributed by atoms with Crippen molar-refractivity contribution in [1.82, 2.24) is 5.32 Å². The molecule has 2 rings (SSSR count). The molecule has 0 spiro atoms. The Kier molecular flexibility index (Phi) is 5.01. The summed E-state index contributed by atoms with van der Waals surface area (Å²) in [6.07, 6.45) is 2.11. The molecule has 20 heavy (non-hydrogen) atoms. The zero-order valence-electron chi connectivity index (χ0n) is 12.5. The van der Waals surface area contributed by atoms with Gasteiger partial charge in [-0.25, -0.2) is 0 Å². The third-order valence-corrected chi connectivity index (χ3v) is 3.49. The number of carbonyl (C=O) groups excluding carboxylic acids is 1. The summed E-state index contributed by atoms with van der Waals surface area (Å²) < 4.78 is 5.72.